The Morgan fingerprint density at radius 2 is 2.24 bits per heavy atom. The number of hydrogen-bond acceptors (Lipinski definition) is 2. The maximum Gasteiger partial charge on any atom is 0.142 e. The molecule has 0 aliphatic rings. The molecule has 1 unspecified atom stereocenters. The molecule has 0 fully saturated rings. The first kappa shape index (κ1) is 13.5. The highest BCUT2D eigenvalue weighted by Crippen LogP contribution is 2.20. The van der Waals surface area contributed by atoms with Crippen LogP contribution in [0.15, 0.2) is 18.2 Å². The van der Waals surface area contributed by atoms with E-state index in [0.29, 0.717) is 5.75 Å². The Morgan fingerprint density at radius 3 is 2.88 bits per heavy atom. The molecular formula is C14H17FO2. The summed E-state index contributed by atoms with van der Waals surface area (Å²) in [5.41, 5.74) is 0.265. The number of ether oxygens (including phenoxy) is 1. The van der Waals surface area contributed by atoms with E-state index in [9.17, 15) is 4.39 Å². The lowest BCUT2D eigenvalue weighted by Gasteiger charge is -2.07. The average Bonchev–Trinajstić information content (AvgIpc) is 2.34. The molecule has 3 heteroatoms. The second-order valence-electron chi connectivity index (χ2n) is 3.76. The minimum absolute atomic E-state index is 0.102. The summed E-state index contributed by atoms with van der Waals surface area (Å²) < 4.78 is 18.8. The first-order chi connectivity index (χ1) is 8.19. The minimum Gasteiger partial charge on any atom is -0.490 e. The van der Waals surface area contributed by atoms with Crippen molar-refractivity contribution in [3.8, 4) is 17.6 Å². The van der Waals surface area contributed by atoms with Gasteiger partial charge in [0.05, 0.1) is 6.61 Å². The molecule has 0 heterocycles. The van der Waals surface area contributed by atoms with Crippen molar-refractivity contribution in [3.63, 3.8) is 0 Å². The van der Waals surface area contributed by atoms with Gasteiger partial charge in [0, 0.05) is 5.92 Å². The molecule has 0 radical (unpaired) electrons. The molecule has 2 nitrogen and oxygen atoms in total. The van der Waals surface area contributed by atoms with Gasteiger partial charge in [-0.25, -0.2) is 4.39 Å². The fraction of sp³-hybridized carbons (Fsp3) is 0.429. The number of hydrogen-bond donors (Lipinski definition) is 1. The fourth-order valence-corrected chi connectivity index (χ4v) is 1.20. The lowest BCUT2D eigenvalue weighted by molar-refractivity contribution is 0.200. The largest absolute Gasteiger partial charge is 0.490 e. The van der Waals surface area contributed by atoms with Gasteiger partial charge in [-0.3, -0.25) is 0 Å². The lowest BCUT2D eigenvalue weighted by Crippen LogP contribution is -2.04. The summed E-state index contributed by atoms with van der Waals surface area (Å²) in [6, 6.07) is 4.57. The van der Waals surface area contributed by atoms with Crippen LogP contribution in [0.5, 0.6) is 5.75 Å². The van der Waals surface area contributed by atoms with Crippen molar-refractivity contribution in [2.45, 2.75) is 20.3 Å². The standard InChI is InChI=1S/C14H17FO2/c1-3-11(2)7-8-12-13(15)5-4-6-14(12)17-10-9-16/h4-6,11,16H,3,9-10H2,1-2H3. The van der Waals surface area contributed by atoms with Crippen LogP contribution in [0.25, 0.3) is 0 Å². The maximum atomic E-state index is 13.6. The lowest BCUT2D eigenvalue weighted by atomic mass is 10.1. The molecule has 1 rings (SSSR count). The van der Waals surface area contributed by atoms with Gasteiger partial charge < -0.3 is 9.84 Å². The van der Waals surface area contributed by atoms with Crippen molar-refractivity contribution in [2.24, 2.45) is 5.92 Å². The van der Waals surface area contributed by atoms with E-state index in [1.165, 1.54) is 6.07 Å². The van der Waals surface area contributed by atoms with Crippen LogP contribution in [-0.4, -0.2) is 18.3 Å². The van der Waals surface area contributed by atoms with Crippen molar-refractivity contribution in [3.05, 3.63) is 29.6 Å². The number of benzene rings is 1. The van der Waals surface area contributed by atoms with Crippen LogP contribution in [0.3, 0.4) is 0 Å². The monoisotopic (exact) mass is 236 g/mol. The number of rotatable bonds is 4. The SMILES string of the molecule is CCC(C)C#Cc1c(F)cccc1OCCO. The molecule has 0 bridgehead atoms. The smallest absolute Gasteiger partial charge is 0.142 e. The highest BCUT2D eigenvalue weighted by Gasteiger charge is 2.07. The molecule has 1 atom stereocenters. The summed E-state index contributed by atoms with van der Waals surface area (Å²) >= 11 is 0. The van der Waals surface area contributed by atoms with Gasteiger partial charge in [0.25, 0.3) is 0 Å². The van der Waals surface area contributed by atoms with Gasteiger partial charge >= 0.3 is 0 Å². The average molecular weight is 236 g/mol. The van der Waals surface area contributed by atoms with Crippen LogP contribution in [0.1, 0.15) is 25.8 Å². The van der Waals surface area contributed by atoms with E-state index >= 15 is 0 Å². The Balaban J connectivity index is 2.97. The van der Waals surface area contributed by atoms with Crippen LogP contribution in [0.4, 0.5) is 4.39 Å². The molecule has 0 saturated heterocycles. The van der Waals surface area contributed by atoms with E-state index in [4.69, 9.17) is 9.84 Å². The quantitative estimate of drug-likeness (QED) is 0.814. The number of aliphatic hydroxyl groups excluding tert-OH is 1. The Labute approximate surface area is 101 Å². The Morgan fingerprint density at radius 1 is 1.47 bits per heavy atom. The third-order valence-corrected chi connectivity index (χ3v) is 2.38. The molecule has 0 aromatic heterocycles. The molecule has 92 valence electrons. The molecule has 0 saturated carbocycles. The predicted molar refractivity (Wildman–Crippen MR) is 65.3 cm³/mol. The molecule has 17 heavy (non-hydrogen) atoms. The number of aliphatic hydroxyl groups is 1. The fourth-order valence-electron chi connectivity index (χ4n) is 1.20. The van der Waals surface area contributed by atoms with Crippen molar-refractivity contribution in [1.82, 2.24) is 0 Å². The highest BCUT2D eigenvalue weighted by atomic mass is 19.1. The molecule has 1 aromatic carbocycles. The number of halogens is 1. The van der Waals surface area contributed by atoms with E-state index in [1.54, 1.807) is 12.1 Å². The summed E-state index contributed by atoms with van der Waals surface area (Å²) in [5.74, 6) is 6.00. The van der Waals surface area contributed by atoms with Crippen LogP contribution in [0.2, 0.25) is 0 Å². The zero-order chi connectivity index (χ0) is 12.7. The summed E-state index contributed by atoms with van der Waals surface area (Å²) in [4.78, 5) is 0. The van der Waals surface area contributed by atoms with E-state index in [2.05, 4.69) is 11.8 Å². The molecule has 1 N–H and O–H groups in total. The zero-order valence-electron chi connectivity index (χ0n) is 10.2. The molecule has 1 aromatic rings. The second-order valence-corrected chi connectivity index (χ2v) is 3.76. The first-order valence-electron chi connectivity index (χ1n) is 5.72. The molecule has 0 amide bonds. The van der Waals surface area contributed by atoms with Crippen molar-refractivity contribution >= 4 is 0 Å². The summed E-state index contributed by atoms with van der Waals surface area (Å²) in [6.45, 7) is 4.06. The molecule has 0 aliphatic carbocycles. The van der Waals surface area contributed by atoms with Gasteiger partial charge in [0.2, 0.25) is 0 Å². The molecule has 0 aliphatic heterocycles. The summed E-state index contributed by atoms with van der Waals surface area (Å²) in [5, 5.41) is 8.69. The van der Waals surface area contributed by atoms with Gasteiger partial charge in [-0.1, -0.05) is 31.8 Å². The van der Waals surface area contributed by atoms with Gasteiger partial charge in [-0.2, -0.15) is 0 Å². The maximum absolute atomic E-state index is 13.6. The van der Waals surface area contributed by atoms with E-state index < -0.39 is 5.82 Å². The second kappa shape index (κ2) is 6.93. The van der Waals surface area contributed by atoms with E-state index in [0.717, 1.165) is 6.42 Å². The topological polar surface area (TPSA) is 29.5 Å². The van der Waals surface area contributed by atoms with E-state index in [-0.39, 0.29) is 24.7 Å². The zero-order valence-corrected chi connectivity index (χ0v) is 10.2. The Kier molecular flexibility index (Phi) is 5.51. The Hall–Kier alpha value is -1.53. The predicted octanol–water partition coefficient (Wildman–Crippen LogP) is 2.59. The first-order valence-corrected chi connectivity index (χ1v) is 5.72. The van der Waals surface area contributed by atoms with Crippen LogP contribution < -0.4 is 4.74 Å². The molecule has 0 spiro atoms. The van der Waals surface area contributed by atoms with E-state index in [1.807, 2.05) is 13.8 Å². The molecular weight excluding hydrogens is 219 g/mol. The van der Waals surface area contributed by atoms with Gasteiger partial charge in [0.15, 0.2) is 0 Å². The van der Waals surface area contributed by atoms with Crippen LogP contribution in [0, 0.1) is 23.6 Å². The van der Waals surface area contributed by atoms with Crippen molar-refractivity contribution in [2.75, 3.05) is 13.2 Å². The van der Waals surface area contributed by atoms with Crippen molar-refractivity contribution < 1.29 is 14.2 Å². The van der Waals surface area contributed by atoms with Gasteiger partial charge in [0.1, 0.15) is 23.7 Å². The normalized spacial score (nSPS) is 11.5. The third kappa shape index (κ3) is 4.08. The minimum atomic E-state index is -0.392. The summed E-state index contributed by atoms with van der Waals surface area (Å²) in [7, 11) is 0. The summed E-state index contributed by atoms with van der Waals surface area (Å²) in [6.07, 6.45) is 0.925. The highest BCUT2D eigenvalue weighted by molar-refractivity contribution is 5.47. The van der Waals surface area contributed by atoms with Crippen molar-refractivity contribution in [1.29, 1.82) is 0 Å². The van der Waals surface area contributed by atoms with Gasteiger partial charge in [-0.15, -0.1) is 0 Å². The van der Waals surface area contributed by atoms with Crippen LogP contribution >= 0.6 is 0 Å². The Bertz CT molecular complexity index is 418. The van der Waals surface area contributed by atoms with Gasteiger partial charge in [-0.05, 0) is 18.6 Å². The van der Waals surface area contributed by atoms with Crippen LogP contribution in [-0.2, 0) is 0 Å². The third-order valence-electron chi connectivity index (χ3n) is 2.38.